The third kappa shape index (κ3) is 1.15. The molecular formula is C10H5BrS2. The van der Waals surface area contributed by atoms with Crippen molar-refractivity contribution in [2.45, 2.75) is 0 Å². The van der Waals surface area contributed by atoms with E-state index < -0.39 is 0 Å². The molecule has 2 heterocycles. The molecule has 3 heteroatoms. The van der Waals surface area contributed by atoms with Gasteiger partial charge in [-0.05, 0) is 23.6 Å². The standard InChI is InChI=1S/C10H5BrS2/c11-6-1-2-7-9(5-6)13-8-3-4-12-10(7)8/h1-5H. The first-order valence-electron chi connectivity index (χ1n) is 3.90. The topological polar surface area (TPSA) is 0 Å². The molecule has 64 valence electrons. The van der Waals surface area contributed by atoms with E-state index in [0.717, 1.165) is 4.47 Å². The van der Waals surface area contributed by atoms with Crippen molar-refractivity contribution in [1.82, 2.24) is 0 Å². The Kier molecular flexibility index (Phi) is 1.72. The fourth-order valence-corrected chi connectivity index (χ4v) is 4.26. The van der Waals surface area contributed by atoms with Crippen LogP contribution in [0.15, 0.2) is 34.1 Å². The molecule has 2 aromatic heterocycles. The van der Waals surface area contributed by atoms with Crippen LogP contribution in [0.25, 0.3) is 19.5 Å². The predicted octanol–water partition coefficient (Wildman–Crippen LogP) is 4.88. The van der Waals surface area contributed by atoms with Crippen LogP contribution in [0.3, 0.4) is 0 Å². The van der Waals surface area contributed by atoms with E-state index in [4.69, 9.17) is 0 Å². The fourth-order valence-electron chi connectivity index (χ4n) is 1.46. The molecule has 0 aliphatic rings. The minimum absolute atomic E-state index is 1.16. The number of fused-ring (bicyclic) bond motifs is 3. The van der Waals surface area contributed by atoms with E-state index in [9.17, 15) is 0 Å². The highest BCUT2D eigenvalue weighted by atomic mass is 79.9. The second-order valence-electron chi connectivity index (χ2n) is 2.86. The first kappa shape index (κ1) is 7.97. The van der Waals surface area contributed by atoms with Gasteiger partial charge in [0.25, 0.3) is 0 Å². The summed E-state index contributed by atoms with van der Waals surface area (Å²) in [5.41, 5.74) is 0. The molecule has 3 rings (SSSR count). The number of thiophene rings is 2. The minimum Gasteiger partial charge on any atom is -0.142 e. The lowest BCUT2D eigenvalue weighted by Gasteiger charge is -1.89. The Labute approximate surface area is 91.9 Å². The largest absolute Gasteiger partial charge is 0.142 e. The predicted molar refractivity (Wildman–Crippen MR) is 64.9 cm³/mol. The van der Waals surface area contributed by atoms with Gasteiger partial charge in [0.05, 0.1) is 4.70 Å². The van der Waals surface area contributed by atoms with Crippen LogP contribution >= 0.6 is 38.6 Å². The smallest absolute Gasteiger partial charge is 0.0529 e. The molecule has 0 aliphatic carbocycles. The summed E-state index contributed by atoms with van der Waals surface area (Å²) in [6.07, 6.45) is 0. The van der Waals surface area contributed by atoms with Crippen molar-refractivity contribution in [3.63, 3.8) is 0 Å². The second-order valence-corrected chi connectivity index (χ2v) is 5.77. The highest BCUT2D eigenvalue weighted by Gasteiger charge is 2.05. The molecule has 1 aromatic carbocycles. The van der Waals surface area contributed by atoms with Crippen molar-refractivity contribution in [1.29, 1.82) is 0 Å². The Balaban J connectivity index is 2.59. The summed E-state index contributed by atoms with van der Waals surface area (Å²) in [6, 6.07) is 8.67. The van der Waals surface area contributed by atoms with E-state index in [1.54, 1.807) is 0 Å². The molecule has 0 nitrogen and oxygen atoms in total. The molecule has 3 aromatic rings. The molecule has 0 unspecified atom stereocenters. The Morgan fingerprint density at radius 3 is 2.92 bits per heavy atom. The van der Waals surface area contributed by atoms with E-state index >= 15 is 0 Å². The number of halogens is 1. The van der Waals surface area contributed by atoms with Gasteiger partial charge in [-0.3, -0.25) is 0 Å². The van der Waals surface area contributed by atoms with Crippen LogP contribution in [0.4, 0.5) is 0 Å². The summed E-state index contributed by atoms with van der Waals surface area (Å²) in [5.74, 6) is 0. The van der Waals surface area contributed by atoms with Crippen LogP contribution in [0, 0.1) is 0 Å². The third-order valence-corrected chi connectivity index (χ3v) is 4.73. The van der Waals surface area contributed by atoms with Crippen molar-refractivity contribution in [3.05, 3.63) is 34.1 Å². The summed E-state index contributed by atoms with van der Waals surface area (Å²) < 4.78 is 5.36. The molecule has 13 heavy (non-hydrogen) atoms. The zero-order valence-electron chi connectivity index (χ0n) is 6.58. The van der Waals surface area contributed by atoms with E-state index in [1.165, 1.54) is 19.5 Å². The lowest BCUT2D eigenvalue weighted by Crippen LogP contribution is -1.62. The van der Waals surface area contributed by atoms with Crippen LogP contribution < -0.4 is 0 Å². The SMILES string of the molecule is Brc1ccc2c(c1)sc1ccsc12. The van der Waals surface area contributed by atoms with E-state index in [0.29, 0.717) is 0 Å². The molecule has 0 amide bonds. The summed E-state index contributed by atoms with van der Waals surface area (Å²) in [7, 11) is 0. The molecule has 0 aliphatic heterocycles. The number of rotatable bonds is 0. The average molecular weight is 269 g/mol. The highest BCUT2D eigenvalue weighted by Crippen LogP contribution is 2.38. The maximum Gasteiger partial charge on any atom is 0.0529 e. The fraction of sp³-hybridized carbons (Fsp3) is 0. The maximum atomic E-state index is 3.49. The van der Waals surface area contributed by atoms with Gasteiger partial charge >= 0.3 is 0 Å². The van der Waals surface area contributed by atoms with Crippen LogP contribution in [-0.4, -0.2) is 0 Å². The minimum atomic E-state index is 1.16. The normalized spacial score (nSPS) is 11.5. The zero-order chi connectivity index (χ0) is 8.84. The Bertz CT molecular complexity index is 577. The first-order valence-corrected chi connectivity index (χ1v) is 6.39. The quantitative estimate of drug-likeness (QED) is 0.545. The zero-order valence-corrected chi connectivity index (χ0v) is 9.80. The molecule has 0 saturated heterocycles. The average Bonchev–Trinajstić information content (AvgIpc) is 2.62. The highest BCUT2D eigenvalue weighted by molar-refractivity contribution is 9.10. The molecule has 0 saturated carbocycles. The monoisotopic (exact) mass is 268 g/mol. The molecule has 0 atom stereocenters. The summed E-state index contributed by atoms with van der Waals surface area (Å²) >= 11 is 7.18. The lowest BCUT2D eigenvalue weighted by atomic mass is 10.2. The molecule has 0 N–H and O–H groups in total. The summed E-state index contributed by atoms with van der Waals surface area (Å²) in [6.45, 7) is 0. The van der Waals surface area contributed by atoms with E-state index in [-0.39, 0.29) is 0 Å². The van der Waals surface area contributed by atoms with Crippen LogP contribution in [0.1, 0.15) is 0 Å². The Hall–Kier alpha value is -0.380. The Morgan fingerprint density at radius 1 is 1.08 bits per heavy atom. The van der Waals surface area contributed by atoms with Crippen molar-refractivity contribution in [3.8, 4) is 0 Å². The van der Waals surface area contributed by atoms with Crippen molar-refractivity contribution < 1.29 is 0 Å². The third-order valence-electron chi connectivity index (χ3n) is 2.04. The van der Waals surface area contributed by atoms with Gasteiger partial charge < -0.3 is 0 Å². The summed E-state index contributed by atoms with van der Waals surface area (Å²) in [4.78, 5) is 0. The number of benzene rings is 1. The van der Waals surface area contributed by atoms with E-state index in [1.807, 2.05) is 22.7 Å². The van der Waals surface area contributed by atoms with E-state index in [2.05, 4.69) is 45.6 Å². The van der Waals surface area contributed by atoms with Crippen LogP contribution in [-0.2, 0) is 0 Å². The second kappa shape index (κ2) is 2.80. The summed E-state index contributed by atoms with van der Waals surface area (Å²) in [5, 5.41) is 3.54. The van der Waals surface area contributed by atoms with Crippen LogP contribution in [0.5, 0.6) is 0 Å². The molecule has 0 spiro atoms. The molecule has 0 bridgehead atoms. The first-order chi connectivity index (χ1) is 6.34. The number of hydrogen-bond donors (Lipinski definition) is 0. The van der Waals surface area contributed by atoms with Crippen molar-refractivity contribution in [2.75, 3.05) is 0 Å². The molecule has 0 fully saturated rings. The lowest BCUT2D eigenvalue weighted by molar-refractivity contribution is 1.78. The molecule has 0 radical (unpaired) electrons. The van der Waals surface area contributed by atoms with Gasteiger partial charge in [-0.15, -0.1) is 22.7 Å². The van der Waals surface area contributed by atoms with Gasteiger partial charge in [0, 0.05) is 19.3 Å². The Morgan fingerprint density at radius 2 is 2.00 bits per heavy atom. The molecular weight excluding hydrogens is 264 g/mol. The van der Waals surface area contributed by atoms with Gasteiger partial charge in [0.2, 0.25) is 0 Å². The van der Waals surface area contributed by atoms with Gasteiger partial charge in [-0.25, -0.2) is 0 Å². The van der Waals surface area contributed by atoms with Gasteiger partial charge in [-0.2, -0.15) is 0 Å². The van der Waals surface area contributed by atoms with Crippen molar-refractivity contribution in [2.24, 2.45) is 0 Å². The maximum absolute atomic E-state index is 3.49. The van der Waals surface area contributed by atoms with Gasteiger partial charge in [0.15, 0.2) is 0 Å². The van der Waals surface area contributed by atoms with Gasteiger partial charge in [0.1, 0.15) is 0 Å². The number of hydrogen-bond acceptors (Lipinski definition) is 2. The van der Waals surface area contributed by atoms with Crippen molar-refractivity contribution >= 4 is 58.1 Å². The van der Waals surface area contributed by atoms with Gasteiger partial charge in [-0.1, -0.05) is 22.0 Å². The van der Waals surface area contributed by atoms with Crippen LogP contribution in [0.2, 0.25) is 0 Å².